The van der Waals surface area contributed by atoms with Crippen LogP contribution in [0.2, 0.25) is 0 Å². The first-order valence-electron chi connectivity index (χ1n) is 5.74. The maximum Gasteiger partial charge on any atom is 0.123 e. The fraction of sp³-hybridized carbons (Fsp3) is 0.462. The molecule has 1 aromatic carbocycles. The summed E-state index contributed by atoms with van der Waals surface area (Å²) in [4.78, 5) is 2.11. The fourth-order valence-corrected chi connectivity index (χ4v) is 2.17. The van der Waals surface area contributed by atoms with Crippen LogP contribution in [0.4, 0.5) is 4.39 Å². The number of amidine groups is 1. The minimum atomic E-state index is -0.171. The van der Waals surface area contributed by atoms with Crippen LogP contribution in [0, 0.1) is 18.2 Å². The van der Waals surface area contributed by atoms with Crippen molar-refractivity contribution in [3.63, 3.8) is 0 Å². The van der Waals surface area contributed by atoms with Crippen molar-refractivity contribution in [2.45, 2.75) is 26.2 Å². The van der Waals surface area contributed by atoms with Gasteiger partial charge >= 0.3 is 0 Å². The summed E-state index contributed by atoms with van der Waals surface area (Å²) >= 11 is 0. The molecule has 1 fully saturated rings. The zero-order valence-electron chi connectivity index (χ0n) is 9.59. The Hall–Kier alpha value is -1.38. The molecule has 0 bridgehead atoms. The van der Waals surface area contributed by atoms with Gasteiger partial charge in [-0.05, 0) is 43.0 Å². The summed E-state index contributed by atoms with van der Waals surface area (Å²) in [6.45, 7) is 3.82. The highest BCUT2D eigenvalue weighted by molar-refractivity contribution is 5.80. The minimum absolute atomic E-state index is 0.171. The van der Waals surface area contributed by atoms with E-state index >= 15 is 0 Å². The lowest BCUT2D eigenvalue weighted by molar-refractivity contribution is 0.455. The average molecular weight is 220 g/mol. The second kappa shape index (κ2) is 4.64. The van der Waals surface area contributed by atoms with E-state index in [0.29, 0.717) is 0 Å². The van der Waals surface area contributed by atoms with Crippen molar-refractivity contribution in [1.82, 2.24) is 4.90 Å². The summed E-state index contributed by atoms with van der Waals surface area (Å²) in [5.74, 6) is 0.579. The quantitative estimate of drug-likeness (QED) is 0.833. The Morgan fingerprint density at radius 1 is 1.44 bits per heavy atom. The lowest BCUT2D eigenvalue weighted by atomic mass is 10.1. The summed E-state index contributed by atoms with van der Waals surface area (Å²) in [6, 6.07) is 4.94. The Kier molecular flexibility index (Phi) is 3.22. The lowest BCUT2D eigenvalue weighted by Crippen LogP contribution is -2.26. The molecule has 0 atom stereocenters. The zero-order valence-corrected chi connectivity index (χ0v) is 9.59. The molecule has 1 aliphatic heterocycles. The molecule has 1 aliphatic rings. The van der Waals surface area contributed by atoms with Gasteiger partial charge < -0.3 is 4.90 Å². The fourth-order valence-electron chi connectivity index (χ4n) is 2.17. The molecule has 16 heavy (non-hydrogen) atoms. The van der Waals surface area contributed by atoms with E-state index in [9.17, 15) is 4.39 Å². The van der Waals surface area contributed by atoms with Gasteiger partial charge in [0, 0.05) is 19.5 Å². The van der Waals surface area contributed by atoms with Crippen LogP contribution >= 0.6 is 0 Å². The molecule has 0 aromatic heterocycles. The van der Waals surface area contributed by atoms with E-state index in [0.717, 1.165) is 43.8 Å². The molecule has 1 N–H and O–H groups in total. The molecule has 0 radical (unpaired) electrons. The van der Waals surface area contributed by atoms with Crippen molar-refractivity contribution < 1.29 is 4.39 Å². The molecular formula is C13H17FN2. The van der Waals surface area contributed by atoms with Crippen molar-refractivity contribution in [1.29, 1.82) is 5.41 Å². The van der Waals surface area contributed by atoms with E-state index in [1.165, 1.54) is 11.6 Å². The third kappa shape index (κ3) is 2.40. The first-order valence-corrected chi connectivity index (χ1v) is 5.74. The first-order chi connectivity index (χ1) is 7.66. The predicted octanol–water partition coefficient (Wildman–Crippen LogP) is 2.75. The van der Waals surface area contributed by atoms with E-state index in [2.05, 4.69) is 4.90 Å². The molecule has 2 rings (SSSR count). The van der Waals surface area contributed by atoms with E-state index in [-0.39, 0.29) is 5.82 Å². The molecule has 0 spiro atoms. The maximum absolute atomic E-state index is 12.9. The molecule has 0 unspecified atom stereocenters. The SMILES string of the molecule is Cc1cc(F)ccc1CCN1CCCC1=N. The molecule has 1 heterocycles. The van der Waals surface area contributed by atoms with Crippen LogP contribution in [-0.2, 0) is 6.42 Å². The standard InChI is InChI=1S/C13H17FN2/c1-10-9-12(14)5-4-11(10)6-8-16-7-2-3-13(16)15/h4-5,9,15H,2-3,6-8H2,1H3. The normalized spacial score (nSPS) is 15.9. The average Bonchev–Trinajstić information content (AvgIpc) is 2.63. The lowest BCUT2D eigenvalue weighted by Gasteiger charge is -2.18. The topological polar surface area (TPSA) is 27.1 Å². The van der Waals surface area contributed by atoms with Crippen molar-refractivity contribution in [3.8, 4) is 0 Å². The first kappa shape index (κ1) is 11.1. The van der Waals surface area contributed by atoms with Gasteiger partial charge in [-0.3, -0.25) is 5.41 Å². The minimum Gasteiger partial charge on any atom is -0.360 e. The Morgan fingerprint density at radius 3 is 2.88 bits per heavy atom. The molecule has 0 saturated carbocycles. The molecule has 86 valence electrons. The van der Waals surface area contributed by atoms with Crippen LogP contribution in [0.3, 0.4) is 0 Å². The van der Waals surface area contributed by atoms with Crippen LogP contribution in [-0.4, -0.2) is 23.8 Å². The monoisotopic (exact) mass is 220 g/mol. The van der Waals surface area contributed by atoms with Gasteiger partial charge in [-0.25, -0.2) is 4.39 Å². The summed E-state index contributed by atoms with van der Waals surface area (Å²) < 4.78 is 12.9. The smallest absolute Gasteiger partial charge is 0.123 e. The summed E-state index contributed by atoms with van der Waals surface area (Å²) in [5.41, 5.74) is 2.19. The number of hydrogen-bond donors (Lipinski definition) is 1. The Labute approximate surface area is 95.6 Å². The van der Waals surface area contributed by atoms with Crippen LogP contribution in [0.15, 0.2) is 18.2 Å². The van der Waals surface area contributed by atoms with E-state index in [1.54, 1.807) is 6.07 Å². The van der Waals surface area contributed by atoms with Crippen LogP contribution < -0.4 is 0 Å². The largest absolute Gasteiger partial charge is 0.360 e. The Bertz CT molecular complexity index is 401. The molecule has 1 aromatic rings. The number of aryl methyl sites for hydroxylation is 1. The number of halogens is 1. The highest BCUT2D eigenvalue weighted by Crippen LogP contribution is 2.14. The third-order valence-corrected chi connectivity index (χ3v) is 3.18. The van der Waals surface area contributed by atoms with E-state index in [1.807, 2.05) is 13.0 Å². The number of nitrogens with one attached hydrogen (secondary N) is 1. The molecule has 3 heteroatoms. The molecule has 0 amide bonds. The number of nitrogens with zero attached hydrogens (tertiary/aromatic N) is 1. The van der Waals surface area contributed by atoms with Crippen LogP contribution in [0.1, 0.15) is 24.0 Å². The van der Waals surface area contributed by atoms with Crippen LogP contribution in [0.25, 0.3) is 0 Å². The second-order valence-corrected chi connectivity index (χ2v) is 4.36. The van der Waals surface area contributed by atoms with Gasteiger partial charge in [-0.1, -0.05) is 6.07 Å². The molecule has 1 saturated heterocycles. The van der Waals surface area contributed by atoms with Gasteiger partial charge in [-0.15, -0.1) is 0 Å². The van der Waals surface area contributed by atoms with Gasteiger partial charge in [0.05, 0.1) is 5.84 Å². The molecular weight excluding hydrogens is 203 g/mol. The van der Waals surface area contributed by atoms with Gasteiger partial charge in [0.2, 0.25) is 0 Å². The summed E-state index contributed by atoms with van der Waals surface area (Å²) in [7, 11) is 0. The number of benzene rings is 1. The maximum atomic E-state index is 12.9. The van der Waals surface area contributed by atoms with Gasteiger partial charge in [0.15, 0.2) is 0 Å². The van der Waals surface area contributed by atoms with Gasteiger partial charge in [0.1, 0.15) is 5.82 Å². The molecule has 2 nitrogen and oxygen atoms in total. The Morgan fingerprint density at radius 2 is 2.25 bits per heavy atom. The van der Waals surface area contributed by atoms with E-state index in [4.69, 9.17) is 5.41 Å². The molecule has 0 aliphatic carbocycles. The summed E-state index contributed by atoms with van der Waals surface area (Å²) in [6.07, 6.45) is 2.90. The van der Waals surface area contributed by atoms with Crippen molar-refractivity contribution in [2.24, 2.45) is 0 Å². The highest BCUT2D eigenvalue weighted by Gasteiger charge is 2.16. The van der Waals surface area contributed by atoms with Crippen LogP contribution in [0.5, 0.6) is 0 Å². The number of likely N-dealkylation sites (tertiary alicyclic amines) is 1. The highest BCUT2D eigenvalue weighted by atomic mass is 19.1. The number of rotatable bonds is 3. The predicted molar refractivity (Wildman–Crippen MR) is 63.4 cm³/mol. The Balaban J connectivity index is 1.96. The van der Waals surface area contributed by atoms with Gasteiger partial charge in [-0.2, -0.15) is 0 Å². The van der Waals surface area contributed by atoms with Crippen molar-refractivity contribution in [2.75, 3.05) is 13.1 Å². The van der Waals surface area contributed by atoms with E-state index < -0.39 is 0 Å². The zero-order chi connectivity index (χ0) is 11.5. The number of hydrogen-bond acceptors (Lipinski definition) is 1. The third-order valence-electron chi connectivity index (χ3n) is 3.18. The summed E-state index contributed by atoms with van der Waals surface area (Å²) in [5, 5.41) is 7.73. The second-order valence-electron chi connectivity index (χ2n) is 4.36. The van der Waals surface area contributed by atoms with Crippen molar-refractivity contribution >= 4 is 5.84 Å². The van der Waals surface area contributed by atoms with Crippen molar-refractivity contribution in [3.05, 3.63) is 35.1 Å². The van der Waals surface area contributed by atoms with Gasteiger partial charge in [0.25, 0.3) is 0 Å².